The van der Waals surface area contributed by atoms with E-state index in [4.69, 9.17) is 9.47 Å². The first kappa shape index (κ1) is 14.9. The van der Waals surface area contributed by atoms with E-state index in [0.717, 1.165) is 38.9 Å². The van der Waals surface area contributed by atoms with Crippen LogP contribution in [0.3, 0.4) is 0 Å². The normalized spacial score (nSPS) is 29.5. The summed E-state index contributed by atoms with van der Waals surface area (Å²) in [6, 6.07) is 0. The van der Waals surface area contributed by atoms with Crippen LogP contribution in [0.25, 0.3) is 0 Å². The van der Waals surface area contributed by atoms with Crippen molar-refractivity contribution in [2.24, 2.45) is 11.8 Å². The van der Waals surface area contributed by atoms with Crippen LogP contribution in [-0.4, -0.2) is 30.2 Å². The van der Waals surface area contributed by atoms with Crippen LogP contribution in [0.4, 0.5) is 0 Å². The molecule has 1 heterocycles. The Morgan fingerprint density at radius 1 is 1.35 bits per heavy atom. The molecular formula is C14H28O3. The van der Waals surface area contributed by atoms with E-state index >= 15 is 0 Å². The molecule has 1 rings (SSSR count). The molecule has 3 heteroatoms. The fourth-order valence-corrected chi connectivity index (χ4v) is 2.56. The van der Waals surface area contributed by atoms with Gasteiger partial charge in [-0.2, -0.15) is 0 Å². The lowest BCUT2D eigenvalue weighted by Crippen LogP contribution is -2.31. The van der Waals surface area contributed by atoms with Crippen LogP contribution in [-0.2, 0) is 9.47 Å². The van der Waals surface area contributed by atoms with Crippen LogP contribution >= 0.6 is 0 Å². The van der Waals surface area contributed by atoms with Gasteiger partial charge in [-0.25, -0.2) is 0 Å². The molecule has 0 radical (unpaired) electrons. The molecular weight excluding hydrogens is 216 g/mol. The van der Waals surface area contributed by atoms with E-state index in [1.165, 1.54) is 0 Å². The van der Waals surface area contributed by atoms with Crippen LogP contribution < -0.4 is 0 Å². The SMILES string of the molecule is CCC1OCCCC(C(C)CC(C)(C)O)CO1. The van der Waals surface area contributed by atoms with E-state index < -0.39 is 5.60 Å². The summed E-state index contributed by atoms with van der Waals surface area (Å²) in [5.74, 6) is 1.03. The Labute approximate surface area is 105 Å². The van der Waals surface area contributed by atoms with Gasteiger partial charge in [0.25, 0.3) is 0 Å². The molecule has 0 aromatic carbocycles. The maximum atomic E-state index is 9.88. The molecule has 102 valence electrons. The van der Waals surface area contributed by atoms with Crippen LogP contribution in [0.15, 0.2) is 0 Å². The molecule has 0 aromatic rings. The number of rotatable bonds is 4. The Balaban J connectivity index is 2.45. The molecule has 3 nitrogen and oxygen atoms in total. The average Bonchev–Trinajstić information content (AvgIpc) is 2.14. The van der Waals surface area contributed by atoms with Crippen LogP contribution in [0, 0.1) is 11.8 Å². The van der Waals surface area contributed by atoms with Crippen molar-refractivity contribution in [3.8, 4) is 0 Å². The first-order valence-electron chi connectivity index (χ1n) is 6.88. The average molecular weight is 244 g/mol. The van der Waals surface area contributed by atoms with E-state index in [-0.39, 0.29) is 6.29 Å². The number of aliphatic hydroxyl groups is 1. The molecule has 0 aliphatic carbocycles. The molecule has 1 aliphatic rings. The minimum Gasteiger partial charge on any atom is -0.390 e. The van der Waals surface area contributed by atoms with E-state index in [1.807, 2.05) is 13.8 Å². The number of hydrogen-bond acceptors (Lipinski definition) is 3. The second kappa shape index (κ2) is 6.72. The van der Waals surface area contributed by atoms with Gasteiger partial charge in [-0.05, 0) is 51.4 Å². The predicted molar refractivity (Wildman–Crippen MR) is 68.8 cm³/mol. The maximum Gasteiger partial charge on any atom is 0.157 e. The Kier molecular flexibility index (Phi) is 5.90. The Morgan fingerprint density at radius 3 is 2.65 bits per heavy atom. The Bertz CT molecular complexity index is 210. The second-order valence-corrected chi connectivity index (χ2v) is 5.94. The van der Waals surface area contributed by atoms with Gasteiger partial charge in [-0.3, -0.25) is 0 Å². The maximum absolute atomic E-state index is 9.88. The van der Waals surface area contributed by atoms with Gasteiger partial charge in [0.15, 0.2) is 6.29 Å². The number of ether oxygens (including phenoxy) is 2. The van der Waals surface area contributed by atoms with Gasteiger partial charge in [-0.1, -0.05) is 13.8 Å². The zero-order valence-corrected chi connectivity index (χ0v) is 11.7. The summed E-state index contributed by atoms with van der Waals surface area (Å²) in [5, 5.41) is 9.88. The standard InChI is InChI=1S/C14H28O3/c1-5-13-16-8-6-7-12(10-17-13)11(2)9-14(3,4)15/h11-13,15H,5-10H2,1-4H3. The van der Waals surface area contributed by atoms with Crippen LogP contribution in [0.5, 0.6) is 0 Å². The monoisotopic (exact) mass is 244 g/mol. The van der Waals surface area contributed by atoms with Gasteiger partial charge in [0, 0.05) is 6.61 Å². The fourth-order valence-electron chi connectivity index (χ4n) is 2.56. The third-order valence-corrected chi connectivity index (χ3v) is 3.48. The van der Waals surface area contributed by atoms with Gasteiger partial charge < -0.3 is 14.6 Å². The molecule has 3 atom stereocenters. The first-order valence-corrected chi connectivity index (χ1v) is 6.88. The summed E-state index contributed by atoms with van der Waals surface area (Å²) in [7, 11) is 0. The lowest BCUT2D eigenvalue weighted by molar-refractivity contribution is -0.167. The number of hydrogen-bond donors (Lipinski definition) is 1. The summed E-state index contributed by atoms with van der Waals surface area (Å²) < 4.78 is 11.4. The zero-order chi connectivity index (χ0) is 12.9. The highest BCUT2D eigenvalue weighted by Gasteiger charge is 2.26. The fraction of sp³-hybridized carbons (Fsp3) is 1.00. The minimum absolute atomic E-state index is 0.0351. The molecule has 0 bridgehead atoms. The van der Waals surface area contributed by atoms with Gasteiger partial charge >= 0.3 is 0 Å². The van der Waals surface area contributed by atoms with Crippen molar-refractivity contribution in [1.82, 2.24) is 0 Å². The Morgan fingerprint density at radius 2 is 2.06 bits per heavy atom. The van der Waals surface area contributed by atoms with E-state index in [0.29, 0.717) is 11.8 Å². The summed E-state index contributed by atoms with van der Waals surface area (Å²) in [4.78, 5) is 0. The molecule has 3 unspecified atom stereocenters. The lowest BCUT2D eigenvalue weighted by Gasteiger charge is -2.32. The molecule has 0 aromatic heterocycles. The van der Waals surface area contributed by atoms with Crippen molar-refractivity contribution in [3.05, 3.63) is 0 Å². The van der Waals surface area contributed by atoms with Crippen LogP contribution in [0.1, 0.15) is 53.4 Å². The van der Waals surface area contributed by atoms with Crippen molar-refractivity contribution < 1.29 is 14.6 Å². The quantitative estimate of drug-likeness (QED) is 0.826. The summed E-state index contributed by atoms with van der Waals surface area (Å²) in [6.07, 6.45) is 3.94. The molecule has 0 spiro atoms. The van der Waals surface area contributed by atoms with Gasteiger partial charge in [0.05, 0.1) is 12.2 Å². The van der Waals surface area contributed by atoms with E-state index in [9.17, 15) is 5.11 Å². The molecule has 0 saturated carbocycles. The van der Waals surface area contributed by atoms with Crippen molar-refractivity contribution in [2.45, 2.75) is 65.3 Å². The summed E-state index contributed by atoms with van der Waals surface area (Å²) in [5.41, 5.74) is -0.581. The van der Waals surface area contributed by atoms with Crippen molar-refractivity contribution in [3.63, 3.8) is 0 Å². The predicted octanol–water partition coefficient (Wildman–Crippen LogP) is 2.96. The third kappa shape index (κ3) is 5.84. The summed E-state index contributed by atoms with van der Waals surface area (Å²) >= 11 is 0. The van der Waals surface area contributed by atoms with Crippen molar-refractivity contribution in [2.75, 3.05) is 13.2 Å². The molecule has 0 amide bonds. The van der Waals surface area contributed by atoms with E-state index in [2.05, 4.69) is 13.8 Å². The molecule has 17 heavy (non-hydrogen) atoms. The van der Waals surface area contributed by atoms with Crippen LogP contribution in [0.2, 0.25) is 0 Å². The van der Waals surface area contributed by atoms with Crippen molar-refractivity contribution >= 4 is 0 Å². The molecule has 1 N–H and O–H groups in total. The highest BCUT2D eigenvalue weighted by molar-refractivity contribution is 4.75. The molecule has 1 fully saturated rings. The van der Waals surface area contributed by atoms with Gasteiger partial charge in [0.1, 0.15) is 0 Å². The molecule has 1 saturated heterocycles. The highest BCUT2D eigenvalue weighted by atomic mass is 16.7. The highest BCUT2D eigenvalue weighted by Crippen LogP contribution is 2.28. The smallest absolute Gasteiger partial charge is 0.157 e. The second-order valence-electron chi connectivity index (χ2n) is 5.94. The zero-order valence-electron chi connectivity index (χ0n) is 11.7. The van der Waals surface area contributed by atoms with Gasteiger partial charge in [0.2, 0.25) is 0 Å². The Hall–Kier alpha value is -0.120. The topological polar surface area (TPSA) is 38.7 Å². The lowest BCUT2D eigenvalue weighted by atomic mass is 9.83. The van der Waals surface area contributed by atoms with Crippen molar-refractivity contribution in [1.29, 1.82) is 0 Å². The van der Waals surface area contributed by atoms with Gasteiger partial charge in [-0.15, -0.1) is 0 Å². The first-order chi connectivity index (χ1) is 7.92. The molecule has 1 aliphatic heterocycles. The third-order valence-electron chi connectivity index (χ3n) is 3.48. The minimum atomic E-state index is -0.581. The summed E-state index contributed by atoms with van der Waals surface area (Å²) in [6.45, 7) is 9.62. The largest absolute Gasteiger partial charge is 0.390 e. The van der Waals surface area contributed by atoms with E-state index in [1.54, 1.807) is 0 Å².